The molecule has 4 aromatic carbocycles. The van der Waals surface area contributed by atoms with E-state index in [0.29, 0.717) is 97.0 Å². The minimum absolute atomic E-state index is 0.0542. The van der Waals surface area contributed by atoms with Gasteiger partial charge in [0, 0.05) is 97.5 Å². The average Bonchev–Trinajstić information content (AvgIpc) is 2.94. The van der Waals surface area contributed by atoms with Gasteiger partial charge in [-0.15, -0.1) is 0 Å². The Hall–Kier alpha value is -5.50. The standard InChI is InChI=1S/C63H77Cl4N9O8/c64-49-34-44(36-69-62(21-22-62)60(83)75-30-28-73(46-17-18-46)53-13-4-6-15-55(53)75)51(66)32-42(49)10-2-1-3-12-48(77)38-71(40-58(79)80)26-27-72(41-59(81)82)39-57(78)68-25-9-8-11-43-33-52(67)45(35-50(43)65)37-70-63(23-24-63)61(84)76-31-29-74(47-19-20-47)54-14-5-7-16-56(54)76/h4-7,13-16,32-35,46-47,69-70H,1-3,8-12,17-31,36-41H2,(H,68,78)(H,79,80)(H,81,82). The number of halogens is 4. The summed E-state index contributed by atoms with van der Waals surface area (Å²) in [4.78, 5) is 89.6. The van der Waals surface area contributed by atoms with E-state index in [4.69, 9.17) is 46.4 Å². The minimum Gasteiger partial charge on any atom is -0.480 e. The van der Waals surface area contributed by atoms with Gasteiger partial charge in [0.2, 0.25) is 17.7 Å². The number of anilines is 4. The van der Waals surface area contributed by atoms with Crippen LogP contribution >= 0.6 is 46.4 Å². The SMILES string of the molecule is O=C(O)CN(CCN(CC(=O)O)CC(=O)NCCCCc1cc(Cl)c(CNC2(C(=O)N3CCN(C4CC4)c4ccccc43)CC2)cc1Cl)CC(=O)CCCCCc1cc(Cl)c(CNC2(C(=O)N3CCN(C4CC4)c4ccccc43)CC2)cc1Cl. The minimum atomic E-state index is -1.14. The van der Waals surface area contributed by atoms with Crippen molar-refractivity contribution in [3.05, 3.63) is 115 Å². The van der Waals surface area contributed by atoms with Gasteiger partial charge in [0.05, 0.1) is 60.0 Å². The van der Waals surface area contributed by atoms with Crippen LogP contribution in [0.1, 0.15) is 112 Å². The molecule has 10 rings (SSSR count). The highest BCUT2D eigenvalue weighted by Crippen LogP contribution is 2.46. The summed E-state index contributed by atoms with van der Waals surface area (Å²) < 4.78 is 0. The number of Topliss-reactive ketones (excluding diaryl/α,β-unsaturated/α-hetero) is 1. The van der Waals surface area contributed by atoms with Crippen LogP contribution in [0.3, 0.4) is 0 Å². The number of carbonyl (C=O) groups is 6. The molecule has 0 atom stereocenters. The number of hydrogen-bond donors (Lipinski definition) is 5. The Labute approximate surface area is 512 Å². The lowest BCUT2D eigenvalue weighted by Gasteiger charge is -2.39. The molecule has 4 saturated carbocycles. The molecule has 21 heteroatoms. The number of carboxylic acid groups (broad SMARTS) is 2. The highest BCUT2D eigenvalue weighted by atomic mass is 35.5. The van der Waals surface area contributed by atoms with Crippen LogP contribution in [0.5, 0.6) is 0 Å². The zero-order valence-corrected chi connectivity index (χ0v) is 50.7. The van der Waals surface area contributed by atoms with Crippen LogP contribution in [-0.2, 0) is 54.7 Å². The molecule has 4 aliphatic carbocycles. The van der Waals surface area contributed by atoms with E-state index >= 15 is 0 Å². The first-order valence-corrected chi connectivity index (χ1v) is 31.5. The van der Waals surface area contributed by atoms with Crippen molar-refractivity contribution in [1.82, 2.24) is 25.8 Å². The van der Waals surface area contributed by atoms with Crippen LogP contribution in [0.15, 0.2) is 72.8 Å². The number of nitrogens with zero attached hydrogens (tertiary/aromatic N) is 6. The van der Waals surface area contributed by atoms with Crippen molar-refractivity contribution in [3.63, 3.8) is 0 Å². The van der Waals surface area contributed by atoms with E-state index in [1.807, 2.05) is 70.5 Å². The van der Waals surface area contributed by atoms with Crippen molar-refractivity contribution in [2.24, 2.45) is 0 Å². The number of aryl methyl sites for hydroxylation is 2. The lowest BCUT2D eigenvalue weighted by atomic mass is 10.0. The van der Waals surface area contributed by atoms with E-state index < -0.39 is 36.1 Å². The summed E-state index contributed by atoms with van der Waals surface area (Å²) in [5, 5.41) is 31.5. The molecule has 450 valence electrons. The average molecular weight is 1230 g/mol. The first-order chi connectivity index (χ1) is 40.5. The number of aliphatic carboxylic acids is 2. The van der Waals surface area contributed by atoms with Crippen molar-refractivity contribution in [1.29, 1.82) is 0 Å². The first-order valence-electron chi connectivity index (χ1n) is 30.0. The number of fused-ring (bicyclic) bond motifs is 2. The Morgan fingerprint density at radius 1 is 0.512 bits per heavy atom. The van der Waals surface area contributed by atoms with Crippen LogP contribution < -0.4 is 35.6 Å². The van der Waals surface area contributed by atoms with Crippen LogP contribution in [0.2, 0.25) is 20.1 Å². The Morgan fingerprint density at radius 2 is 0.929 bits per heavy atom. The molecule has 0 spiro atoms. The van der Waals surface area contributed by atoms with Gasteiger partial charge in [0.25, 0.3) is 0 Å². The summed E-state index contributed by atoms with van der Waals surface area (Å²) in [6.07, 6.45) is 12.6. The molecule has 0 radical (unpaired) electrons. The molecule has 17 nitrogen and oxygen atoms in total. The number of amides is 3. The molecule has 3 amide bonds. The molecule has 4 fully saturated rings. The number of rotatable bonds is 32. The Bertz CT molecular complexity index is 2890. The molecule has 6 aliphatic rings. The van der Waals surface area contributed by atoms with E-state index in [2.05, 4.69) is 37.9 Å². The molecule has 2 aliphatic heterocycles. The summed E-state index contributed by atoms with van der Waals surface area (Å²) in [5.74, 6) is -2.60. The number of benzene rings is 4. The molecule has 84 heavy (non-hydrogen) atoms. The van der Waals surface area contributed by atoms with Crippen molar-refractivity contribution >= 4 is 105 Å². The molecule has 4 aromatic rings. The summed E-state index contributed by atoms with van der Waals surface area (Å²) >= 11 is 27.2. The van der Waals surface area contributed by atoms with Crippen LogP contribution in [0.4, 0.5) is 22.7 Å². The van der Waals surface area contributed by atoms with Crippen molar-refractivity contribution in [2.45, 2.75) is 139 Å². The summed E-state index contributed by atoms with van der Waals surface area (Å²) in [6, 6.07) is 25.0. The number of carbonyl (C=O) groups excluding carboxylic acids is 4. The molecule has 0 unspecified atom stereocenters. The second-order valence-electron chi connectivity index (χ2n) is 23.8. The highest BCUT2D eigenvalue weighted by Gasteiger charge is 2.54. The molecular weight excluding hydrogens is 1150 g/mol. The predicted octanol–water partition coefficient (Wildman–Crippen LogP) is 9.16. The fourth-order valence-corrected chi connectivity index (χ4v) is 13.1. The Morgan fingerprint density at radius 3 is 1.37 bits per heavy atom. The zero-order chi connectivity index (χ0) is 59.1. The summed E-state index contributed by atoms with van der Waals surface area (Å²) in [6.45, 7) is 3.01. The Balaban J connectivity index is 0.610. The molecule has 5 N–H and O–H groups in total. The number of para-hydroxylation sites is 4. The van der Waals surface area contributed by atoms with Gasteiger partial charge in [-0.25, -0.2) is 0 Å². The largest absolute Gasteiger partial charge is 0.480 e. The lowest BCUT2D eigenvalue weighted by molar-refractivity contribution is -0.141. The van der Waals surface area contributed by atoms with E-state index in [-0.39, 0.29) is 56.1 Å². The lowest BCUT2D eigenvalue weighted by Crippen LogP contribution is -2.53. The number of hydrogen-bond acceptors (Lipinski definition) is 12. The maximum absolute atomic E-state index is 14.0. The van der Waals surface area contributed by atoms with Gasteiger partial charge in [-0.2, -0.15) is 0 Å². The molecule has 0 aromatic heterocycles. The van der Waals surface area contributed by atoms with Crippen molar-refractivity contribution in [3.8, 4) is 0 Å². The normalized spacial score (nSPS) is 17.5. The third-order valence-electron chi connectivity index (χ3n) is 17.4. The van der Waals surface area contributed by atoms with E-state index in [1.165, 1.54) is 35.5 Å². The highest BCUT2D eigenvalue weighted by molar-refractivity contribution is 6.35. The topological polar surface area (TPSA) is 198 Å². The molecule has 2 heterocycles. The molecule has 0 bridgehead atoms. The first kappa shape index (κ1) is 61.6. The van der Waals surface area contributed by atoms with Gasteiger partial charge < -0.3 is 35.1 Å². The smallest absolute Gasteiger partial charge is 0.317 e. The fraction of sp³-hybridized carbons (Fsp3) is 0.524. The maximum atomic E-state index is 14.0. The van der Waals surface area contributed by atoms with Crippen molar-refractivity contribution < 1.29 is 39.0 Å². The second kappa shape index (κ2) is 27.5. The zero-order valence-electron chi connectivity index (χ0n) is 47.6. The monoisotopic (exact) mass is 1230 g/mol. The summed E-state index contributed by atoms with van der Waals surface area (Å²) in [7, 11) is 0. The third kappa shape index (κ3) is 15.5. The number of ketones is 1. The number of unbranched alkanes of at least 4 members (excludes halogenated alkanes) is 3. The van der Waals surface area contributed by atoms with Crippen molar-refractivity contribution in [2.75, 3.05) is 91.6 Å². The van der Waals surface area contributed by atoms with Crippen LogP contribution in [0.25, 0.3) is 0 Å². The van der Waals surface area contributed by atoms with Crippen LogP contribution in [0, 0.1) is 0 Å². The number of nitrogens with one attached hydrogen (secondary N) is 3. The van der Waals surface area contributed by atoms with Gasteiger partial charge in [-0.3, -0.25) is 49.2 Å². The van der Waals surface area contributed by atoms with Gasteiger partial charge >= 0.3 is 11.9 Å². The molecular formula is C63H77Cl4N9O8. The second-order valence-corrected chi connectivity index (χ2v) is 25.4. The fourth-order valence-electron chi connectivity index (χ4n) is 12.0. The maximum Gasteiger partial charge on any atom is 0.317 e. The quantitative estimate of drug-likeness (QED) is 0.0290. The Kier molecular flexibility index (Phi) is 20.1. The predicted molar refractivity (Wildman–Crippen MR) is 330 cm³/mol. The van der Waals surface area contributed by atoms with E-state index in [0.717, 1.165) is 96.6 Å². The third-order valence-corrected chi connectivity index (χ3v) is 18.8. The van der Waals surface area contributed by atoms with E-state index in [1.54, 1.807) is 0 Å². The summed E-state index contributed by atoms with van der Waals surface area (Å²) in [5.41, 5.74) is 6.31. The van der Waals surface area contributed by atoms with Gasteiger partial charge in [-0.1, -0.05) is 77.1 Å². The van der Waals surface area contributed by atoms with Gasteiger partial charge in [-0.05, 0) is 161 Å². The number of carboxylic acids is 2. The van der Waals surface area contributed by atoms with Gasteiger partial charge in [0.15, 0.2) is 0 Å². The van der Waals surface area contributed by atoms with Gasteiger partial charge in [0.1, 0.15) is 5.78 Å². The van der Waals surface area contributed by atoms with Crippen LogP contribution in [-0.4, -0.2) is 151 Å². The molecule has 0 saturated heterocycles. The van der Waals surface area contributed by atoms with E-state index in [9.17, 15) is 39.0 Å².